The van der Waals surface area contributed by atoms with Crippen LogP contribution in [-0.4, -0.2) is 37.5 Å². The molecule has 1 atom stereocenters. The molecule has 1 aliphatic heterocycles. The number of esters is 1. The molecule has 0 unspecified atom stereocenters. The van der Waals surface area contributed by atoms with Crippen molar-refractivity contribution in [1.82, 2.24) is 4.57 Å². The van der Waals surface area contributed by atoms with Gasteiger partial charge in [-0.3, -0.25) is 9.36 Å². The van der Waals surface area contributed by atoms with E-state index in [0.717, 1.165) is 23.3 Å². The minimum Gasteiger partial charge on any atom is -0.497 e. The van der Waals surface area contributed by atoms with Crippen LogP contribution in [0.25, 0.3) is 6.08 Å². The number of allylic oxidation sites excluding steroid dienone is 1. The second-order valence-corrected chi connectivity index (χ2v) is 12.3. The van der Waals surface area contributed by atoms with Gasteiger partial charge < -0.3 is 18.9 Å². The molecule has 1 aliphatic rings. The van der Waals surface area contributed by atoms with Crippen LogP contribution < -0.4 is 29.1 Å². The molecule has 4 aromatic rings. The second kappa shape index (κ2) is 16.3. The van der Waals surface area contributed by atoms with Gasteiger partial charge in [0, 0.05) is 5.56 Å². The van der Waals surface area contributed by atoms with Crippen molar-refractivity contribution in [3.63, 3.8) is 0 Å². The fraction of sp³-hybridized carbons (Fsp3) is 0.342. The summed E-state index contributed by atoms with van der Waals surface area (Å²) < 4.78 is 24.8. The predicted octanol–water partition coefficient (Wildman–Crippen LogP) is 6.39. The van der Waals surface area contributed by atoms with Crippen molar-refractivity contribution in [2.24, 2.45) is 4.99 Å². The number of unbranched alkanes of at least 4 members (excludes halogenated alkanes) is 3. The molecule has 8 nitrogen and oxygen atoms in total. The fourth-order valence-electron chi connectivity index (χ4n) is 5.58. The van der Waals surface area contributed by atoms with E-state index in [0.29, 0.717) is 45.3 Å². The number of aromatic nitrogens is 1. The molecule has 9 heteroatoms. The van der Waals surface area contributed by atoms with Crippen molar-refractivity contribution >= 4 is 23.4 Å². The molecule has 0 saturated carbocycles. The average molecular weight is 655 g/mol. The highest BCUT2D eigenvalue weighted by Gasteiger charge is 2.33. The maximum Gasteiger partial charge on any atom is 0.338 e. The molecule has 0 saturated heterocycles. The minimum absolute atomic E-state index is 0.211. The third-order valence-electron chi connectivity index (χ3n) is 8.01. The Morgan fingerprint density at radius 1 is 0.915 bits per heavy atom. The minimum atomic E-state index is -0.697. The Labute approximate surface area is 279 Å². The molecule has 0 amide bonds. The monoisotopic (exact) mass is 654 g/mol. The smallest absolute Gasteiger partial charge is 0.338 e. The van der Waals surface area contributed by atoms with Crippen LogP contribution in [0.2, 0.25) is 0 Å². The molecule has 0 bridgehead atoms. The van der Waals surface area contributed by atoms with Crippen molar-refractivity contribution in [2.75, 3.05) is 26.9 Å². The van der Waals surface area contributed by atoms with Crippen molar-refractivity contribution in [2.45, 2.75) is 58.9 Å². The summed E-state index contributed by atoms with van der Waals surface area (Å²) in [4.78, 5) is 32.4. The topological polar surface area (TPSA) is 88.3 Å². The Hall–Kier alpha value is -4.63. The number of ether oxygens (including phenoxy) is 4. The Bertz CT molecular complexity index is 1870. The molecule has 246 valence electrons. The first-order valence-corrected chi connectivity index (χ1v) is 17.0. The van der Waals surface area contributed by atoms with Gasteiger partial charge in [0.1, 0.15) is 30.5 Å². The zero-order valence-corrected chi connectivity index (χ0v) is 28.3. The number of carbonyl (C=O) groups excluding carboxylic acids is 1. The summed E-state index contributed by atoms with van der Waals surface area (Å²) in [5, 5.41) is 0. The van der Waals surface area contributed by atoms with Crippen LogP contribution in [0.1, 0.15) is 69.2 Å². The third kappa shape index (κ3) is 8.21. The first-order chi connectivity index (χ1) is 22.9. The number of carbonyl (C=O) groups is 1. The molecule has 0 spiro atoms. The van der Waals surface area contributed by atoms with Crippen LogP contribution in [0.4, 0.5) is 0 Å². The molecule has 3 aromatic carbocycles. The standard InChI is InChI=1S/C38H42N2O6S/c1-5-7-8-9-12-27-15-19-31(20-16-27)45-23-24-46-32-14-11-10-13-29(32)25-33-36(41)40-35(28-17-21-30(43-4)22-18-28)34(37(42)44-6-2)26(3)39-38(40)47-33/h10-11,13-22,25,35H,5-9,12,23-24H2,1-4H3/b33-25+/t35-/m1/s1. The third-order valence-corrected chi connectivity index (χ3v) is 8.99. The van der Waals surface area contributed by atoms with Crippen LogP contribution >= 0.6 is 11.3 Å². The lowest BCUT2D eigenvalue weighted by Gasteiger charge is -2.24. The molecule has 0 radical (unpaired) electrons. The lowest BCUT2D eigenvalue weighted by molar-refractivity contribution is -0.139. The van der Waals surface area contributed by atoms with Crippen molar-refractivity contribution in [3.05, 3.63) is 120 Å². The summed E-state index contributed by atoms with van der Waals surface area (Å²) >= 11 is 1.27. The maximum atomic E-state index is 14.0. The number of nitrogens with zero attached hydrogens (tertiary/aromatic N) is 2. The van der Waals surface area contributed by atoms with E-state index in [9.17, 15) is 9.59 Å². The highest BCUT2D eigenvalue weighted by molar-refractivity contribution is 7.07. The van der Waals surface area contributed by atoms with E-state index in [1.54, 1.807) is 25.5 Å². The van der Waals surface area contributed by atoms with Gasteiger partial charge in [-0.15, -0.1) is 0 Å². The summed E-state index contributed by atoms with van der Waals surface area (Å²) in [5.41, 5.74) is 3.43. The van der Waals surface area contributed by atoms with Gasteiger partial charge in [-0.25, -0.2) is 9.79 Å². The second-order valence-electron chi connectivity index (χ2n) is 11.3. The Morgan fingerprint density at radius 3 is 2.36 bits per heavy atom. The van der Waals surface area contributed by atoms with Gasteiger partial charge in [-0.1, -0.05) is 80.0 Å². The molecule has 47 heavy (non-hydrogen) atoms. The molecule has 1 aromatic heterocycles. The largest absolute Gasteiger partial charge is 0.497 e. The molecule has 2 heterocycles. The normalized spacial score (nSPS) is 14.4. The predicted molar refractivity (Wildman–Crippen MR) is 185 cm³/mol. The van der Waals surface area contributed by atoms with E-state index in [2.05, 4.69) is 24.0 Å². The molecule has 5 rings (SSSR count). The van der Waals surface area contributed by atoms with Crippen molar-refractivity contribution < 1.29 is 23.7 Å². The summed E-state index contributed by atoms with van der Waals surface area (Å²) in [7, 11) is 1.59. The summed E-state index contributed by atoms with van der Waals surface area (Å²) in [6, 6.07) is 22.5. The number of hydrogen-bond donors (Lipinski definition) is 0. The Kier molecular flexibility index (Phi) is 11.7. The number of aryl methyl sites for hydroxylation is 1. The van der Waals surface area contributed by atoms with Gasteiger partial charge in [0.25, 0.3) is 5.56 Å². The lowest BCUT2D eigenvalue weighted by Crippen LogP contribution is -2.39. The zero-order chi connectivity index (χ0) is 33.2. The van der Waals surface area contributed by atoms with Crippen molar-refractivity contribution in [3.8, 4) is 17.2 Å². The first-order valence-electron chi connectivity index (χ1n) is 16.2. The Morgan fingerprint density at radius 2 is 1.64 bits per heavy atom. The molecule has 0 fully saturated rings. The van der Waals surface area contributed by atoms with E-state index in [-0.39, 0.29) is 12.2 Å². The fourth-order valence-corrected chi connectivity index (χ4v) is 6.62. The van der Waals surface area contributed by atoms with Gasteiger partial charge in [-0.05, 0) is 74.2 Å². The maximum absolute atomic E-state index is 14.0. The lowest BCUT2D eigenvalue weighted by atomic mass is 9.96. The number of methoxy groups -OCH3 is 1. The van der Waals surface area contributed by atoms with E-state index in [1.807, 2.05) is 66.7 Å². The van der Waals surface area contributed by atoms with Gasteiger partial charge in [0.05, 0.1) is 35.6 Å². The summed E-state index contributed by atoms with van der Waals surface area (Å²) in [6.45, 7) is 6.68. The number of hydrogen-bond acceptors (Lipinski definition) is 8. The van der Waals surface area contributed by atoms with Crippen LogP contribution in [0.15, 0.2) is 93.9 Å². The van der Waals surface area contributed by atoms with Crippen LogP contribution in [0.5, 0.6) is 17.2 Å². The highest BCUT2D eigenvalue weighted by atomic mass is 32.1. The molecular formula is C38H42N2O6S. The van der Waals surface area contributed by atoms with E-state index < -0.39 is 12.0 Å². The zero-order valence-electron chi connectivity index (χ0n) is 27.5. The summed E-state index contributed by atoms with van der Waals surface area (Å²) in [5.74, 6) is 1.62. The van der Waals surface area contributed by atoms with Gasteiger partial charge in [-0.2, -0.15) is 0 Å². The van der Waals surface area contributed by atoms with Crippen LogP contribution in [0.3, 0.4) is 0 Å². The van der Waals surface area contributed by atoms with Crippen LogP contribution in [-0.2, 0) is 16.0 Å². The van der Waals surface area contributed by atoms with Gasteiger partial charge in [0.15, 0.2) is 4.80 Å². The molecular weight excluding hydrogens is 612 g/mol. The molecule has 0 N–H and O–H groups in total. The summed E-state index contributed by atoms with van der Waals surface area (Å²) in [6.07, 6.45) is 7.90. The van der Waals surface area contributed by atoms with E-state index in [4.69, 9.17) is 18.9 Å². The van der Waals surface area contributed by atoms with Crippen molar-refractivity contribution in [1.29, 1.82) is 0 Å². The van der Waals surface area contributed by atoms with Gasteiger partial charge >= 0.3 is 5.97 Å². The van der Waals surface area contributed by atoms with E-state index >= 15 is 0 Å². The van der Waals surface area contributed by atoms with E-state index in [1.165, 1.54) is 42.6 Å². The molecule has 0 aliphatic carbocycles. The average Bonchev–Trinajstić information content (AvgIpc) is 3.39. The quantitative estimate of drug-likeness (QED) is 0.109. The number of benzene rings is 3. The first kappa shape index (κ1) is 33.7. The Balaban J connectivity index is 1.35. The number of fused-ring (bicyclic) bond motifs is 1. The van der Waals surface area contributed by atoms with Gasteiger partial charge in [0.2, 0.25) is 0 Å². The highest BCUT2D eigenvalue weighted by Crippen LogP contribution is 2.31. The number of rotatable bonds is 15. The number of thiazole rings is 1. The van der Waals surface area contributed by atoms with Crippen LogP contribution in [0, 0.1) is 0 Å². The number of para-hydroxylation sites is 1. The SMILES string of the molecule is CCCCCCc1ccc(OCCOc2ccccc2/C=c2/sc3n(c2=O)[C@H](c2ccc(OC)cc2)C(C(=O)OCC)=C(C)N=3)cc1.